The Morgan fingerprint density at radius 1 is 1.31 bits per heavy atom. The van der Waals surface area contributed by atoms with Gasteiger partial charge >= 0.3 is 0 Å². The Kier molecular flexibility index (Phi) is 5.73. The van der Waals surface area contributed by atoms with Gasteiger partial charge in [0.15, 0.2) is 5.13 Å². The molecule has 1 aliphatic heterocycles. The van der Waals surface area contributed by atoms with Crippen LogP contribution < -0.4 is 21.1 Å². The van der Waals surface area contributed by atoms with Crippen molar-refractivity contribution in [2.24, 2.45) is 0 Å². The monoisotopic (exact) mass is 412 g/mol. The van der Waals surface area contributed by atoms with E-state index >= 15 is 0 Å². The second kappa shape index (κ2) is 8.59. The van der Waals surface area contributed by atoms with E-state index in [1.54, 1.807) is 6.07 Å². The molecule has 150 valence electrons. The predicted molar refractivity (Wildman–Crippen MR) is 113 cm³/mol. The fourth-order valence-electron chi connectivity index (χ4n) is 3.16. The van der Waals surface area contributed by atoms with E-state index in [0.717, 1.165) is 35.7 Å². The van der Waals surface area contributed by atoms with Gasteiger partial charge in [0.1, 0.15) is 28.9 Å². The van der Waals surface area contributed by atoms with Crippen molar-refractivity contribution in [1.82, 2.24) is 10.3 Å². The molecule has 4 rings (SSSR count). The largest absolute Gasteiger partial charge is 0.492 e. The fraction of sp³-hybridized carbons (Fsp3) is 0.238. The lowest BCUT2D eigenvalue weighted by atomic mass is 10.1. The minimum atomic E-state index is -0.469. The molecule has 3 aromatic rings. The Balaban J connectivity index is 1.40. The lowest BCUT2D eigenvalue weighted by Crippen LogP contribution is -2.28. The summed E-state index contributed by atoms with van der Waals surface area (Å²) >= 11 is 1.14. The highest BCUT2D eigenvalue weighted by Gasteiger charge is 2.19. The molecule has 1 aliphatic rings. The number of benzene rings is 2. The van der Waals surface area contributed by atoms with Gasteiger partial charge in [0, 0.05) is 17.3 Å². The van der Waals surface area contributed by atoms with E-state index in [2.05, 4.69) is 15.6 Å². The van der Waals surface area contributed by atoms with Gasteiger partial charge in [-0.3, -0.25) is 4.79 Å². The Bertz CT molecular complexity index is 1000. The average Bonchev–Trinajstić information content (AvgIpc) is 3.36. The molecule has 4 N–H and O–H groups in total. The van der Waals surface area contributed by atoms with Gasteiger partial charge in [-0.05, 0) is 55.8 Å². The molecule has 0 bridgehead atoms. The van der Waals surface area contributed by atoms with Crippen LogP contribution >= 0.6 is 11.3 Å². The number of aromatic nitrogens is 1. The number of carbonyl (C=O) groups is 1. The molecule has 0 saturated carbocycles. The van der Waals surface area contributed by atoms with Crippen LogP contribution in [0.2, 0.25) is 0 Å². The number of ether oxygens (including phenoxy) is 1. The van der Waals surface area contributed by atoms with Gasteiger partial charge in [0.05, 0.1) is 0 Å². The van der Waals surface area contributed by atoms with E-state index in [0.29, 0.717) is 17.8 Å². The maximum Gasteiger partial charge on any atom is 0.206 e. The van der Waals surface area contributed by atoms with Crippen LogP contribution in [0.3, 0.4) is 0 Å². The Labute approximate surface area is 171 Å². The van der Waals surface area contributed by atoms with Crippen LogP contribution in [0.5, 0.6) is 5.75 Å². The second-order valence-electron chi connectivity index (χ2n) is 6.83. The topological polar surface area (TPSA) is 89.3 Å². The lowest BCUT2D eigenvalue weighted by Gasteiger charge is -2.12. The molecule has 0 aliphatic carbocycles. The number of nitrogen functional groups attached to an aromatic ring is 1. The van der Waals surface area contributed by atoms with Crippen molar-refractivity contribution >= 4 is 33.8 Å². The van der Waals surface area contributed by atoms with Gasteiger partial charge < -0.3 is 21.1 Å². The molecule has 2 aromatic carbocycles. The summed E-state index contributed by atoms with van der Waals surface area (Å²) < 4.78 is 19.2. The van der Waals surface area contributed by atoms with E-state index in [1.807, 2.05) is 24.3 Å². The quantitative estimate of drug-likeness (QED) is 0.509. The van der Waals surface area contributed by atoms with Crippen molar-refractivity contribution in [3.63, 3.8) is 0 Å². The van der Waals surface area contributed by atoms with Gasteiger partial charge in [-0.15, -0.1) is 0 Å². The van der Waals surface area contributed by atoms with Gasteiger partial charge in [0.2, 0.25) is 5.78 Å². The maximum absolute atomic E-state index is 13.4. The van der Waals surface area contributed by atoms with E-state index in [4.69, 9.17) is 10.5 Å². The molecule has 0 unspecified atom stereocenters. The summed E-state index contributed by atoms with van der Waals surface area (Å²) in [5.41, 5.74) is 6.96. The zero-order chi connectivity index (χ0) is 20.2. The average molecular weight is 412 g/mol. The molecule has 29 heavy (non-hydrogen) atoms. The number of anilines is 3. The predicted octanol–water partition coefficient (Wildman–Crippen LogP) is 3.97. The summed E-state index contributed by atoms with van der Waals surface area (Å²) in [5.74, 6) is 0.0979. The van der Waals surface area contributed by atoms with Crippen molar-refractivity contribution in [3.05, 3.63) is 64.8 Å². The van der Waals surface area contributed by atoms with Crippen LogP contribution in [0, 0.1) is 5.82 Å². The van der Waals surface area contributed by atoms with Gasteiger partial charge in [-0.2, -0.15) is 0 Å². The van der Waals surface area contributed by atoms with E-state index in [1.165, 1.54) is 24.6 Å². The molecule has 1 aromatic heterocycles. The standard InChI is InChI=1S/C21H21FN4O2S/c22-14-4-1-3-13(11-14)18(27)19-20(23)26-21(29-19)25-15-6-8-17(9-7-15)28-12-16-5-2-10-24-16/h1,3-4,6-9,11,16,24H,2,5,10,12,23H2,(H,25,26)/t16-/m0/s1. The molecule has 1 atom stereocenters. The molecule has 2 heterocycles. The Hall–Kier alpha value is -2.97. The minimum Gasteiger partial charge on any atom is -0.492 e. The number of thiazole rings is 1. The van der Waals surface area contributed by atoms with Crippen LogP contribution in [0.15, 0.2) is 48.5 Å². The van der Waals surface area contributed by atoms with Gasteiger partial charge in [-0.25, -0.2) is 9.37 Å². The number of ketones is 1. The highest BCUT2D eigenvalue weighted by molar-refractivity contribution is 7.18. The maximum atomic E-state index is 13.4. The zero-order valence-electron chi connectivity index (χ0n) is 15.7. The summed E-state index contributed by atoms with van der Waals surface area (Å²) in [5, 5.41) is 7.03. The smallest absolute Gasteiger partial charge is 0.206 e. The van der Waals surface area contributed by atoms with Crippen molar-refractivity contribution in [3.8, 4) is 5.75 Å². The first-order valence-corrected chi connectivity index (χ1v) is 10.2. The molecule has 1 saturated heterocycles. The third kappa shape index (κ3) is 4.72. The third-order valence-electron chi connectivity index (χ3n) is 4.67. The first kappa shape index (κ1) is 19.4. The van der Waals surface area contributed by atoms with E-state index in [-0.39, 0.29) is 22.0 Å². The van der Waals surface area contributed by atoms with Crippen LogP contribution in [-0.4, -0.2) is 30.0 Å². The number of hydrogen-bond donors (Lipinski definition) is 3. The molecule has 6 nitrogen and oxygen atoms in total. The van der Waals surface area contributed by atoms with Crippen molar-refractivity contribution in [2.75, 3.05) is 24.2 Å². The van der Waals surface area contributed by atoms with Crippen molar-refractivity contribution < 1.29 is 13.9 Å². The van der Waals surface area contributed by atoms with E-state index in [9.17, 15) is 9.18 Å². The molecule has 0 amide bonds. The highest BCUT2D eigenvalue weighted by Crippen LogP contribution is 2.30. The molecular formula is C21H21FN4O2S. The molecule has 0 spiro atoms. The SMILES string of the molecule is Nc1nc(Nc2ccc(OC[C@@H]3CCCN3)cc2)sc1C(=O)c1cccc(F)c1. The fourth-order valence-corrected chi connectivity index (χ4v) is 4.03. The van der Waals surface area contributed by atoms with Crippen LogP contribution in [0.25, 0.3) is 0 Å². The summed E-state index contributed by atoms with van der Waals surface area (Å²) in [7, 11) is 0. The number of nitrogens with two attached hydrogens (primary N) is 1. The van der Waals surface area contributed by atoms with Crippen LogP contribution in [0.4, 0.5) is 21.0 Å². The Morgan fingerprint density at radius 3 is 2.86 bits per heavy atom. The first-order valence-electron chi connectivity index (χ1n) is 9.38. The Morgan fingerprint density at radius 2 is 2.14 bits per heavy atom. The third-order valence-corrected chi connectivity index (χ3v) is 5.65. The highest BCUT2D eigenvalue weighted by atomic mass is 32.1. The summed E-state index contributed by atoms with van der Waals surface area (Å²) in [4.78, 5) is 17.1. The first-order chi connectivity index (χ1) is 14.1. The van der Waals surface area contributed by atoms with E-state index < -0.39 is 5.82 Å². The number of hydrogen-bond acceptors (Lipinski definition) is 7. The minimum absolute atomic E-state index is 0.121. The number of carbonyl (C=O) groups excluding carboxylic acids is 1. The number of rotatable bonds is 7. The molecule has 1 fully saturated rings. The molecule has 0 radical (unpaired) electrons. The van der Waals surface area contributed by atoms with Gasteiger partial charge in [0.25, 0.3) is 0 Å². The number of nitrogens with one attached hydrogen (secondary N) is 2. The van der Waals surface area contributed by atoms with Crippen molar-refractivity contribution in [1.29, 1.82) is 0 Å². The summed E-state index contributed by atoms with van der Waals surface area (Å²) in [6.07, 6.45) is 2.33. The number of nitrogens with zero attached hydrogens (tertiary/aromatic N) is 1. The molecule has 8 heteroatoms. The second-order valence-corrected chi connectivity index (χ2v) is 7.83. The lowest BCUT2D eigenvalue weighted by molar-refractivity contribution is 0.104. The summed E-state index contributed by atoms with van der Waals surface area (Å²) in [6, 6.07) is 13.5. The normalized spacial score (nSPS) is 16.0. The van der Waals surface area contributed by atoms with Gasteiger partial charge in [-0.1, -0.05) is 23.5 Å². The van der Waals surface area contributed by atoms with Crippen LogP contribution in [-0.2, 0) is 0 Å². The zero-order valence-corrected chi connectivity index (χ0v) is 16.5. The molecular weight excluding hydrogens is 391 g/mol. The van der Waals surface area contributed by atoms with Crippen LogP contribution in [0.1, 0.15) is 28.1 Å². The number of halogens is 1. The van der Waals surface area contributed by atoms with Crippen molar-refractivity contribution in [2.45, 2.75) is 18.9 Å². The summed E-state index contributed by atoms with van der Waals surface area (Å²) in [6.45, 7) is 1.71.